The van der Waals surface area contributed by atoms with Crippen LogP contribution in [0.15, 0.2) is 45.7 Å². The molecule has 2 heterocycles. The third-order valence-corrected chi connectivity index (χ3v) is 4.40. The summed E-state index contributed by atoms with van der Waals surface area (Å²) < 4.78 is 10.8. The standard InChI is InChI=1S/C20H20N2O4/c1-12-15-7-8-17(25-3)13(2)19(15)26-20(24)16(12)10-18(23)22-11-14-6-4-5-9-21-14/h4-9H,10-11H2,1-3H3,(H,22,23). The van der Waals surface area contributed by atoms with Crippen LogP contribution in [0.4, 0.5) is 0 Å². The maximum Gasteiger partial charge on any atom is 0.340 e. The minimum absolute atomic E-state index is 0.0397. The fourth-order valence-electron chi connectivity index (χ4n) is 2.91. The van der Waals surface area contributed by atoms with E-state index in [0.717, 1.165) is 22.2 Å². The number of aryl methyl sites for hydroxylation is 2. The number of aromatic nitrogens is 1. The summed E-state index contributed by atoms with van der Waals surface area (Å²) in [5.74, 6) is 0.400. The Morgan fingerprint density at radius 2 is 2.00 bits per heavy atom. The summed E-state index contributed by atoms with van der Waals surface area (Å²) in [7, 11) is 1.57. The van der Waals surface area contributed by atoms with Gasteiger partial charge >= 0.3 is 5.63 Å². The molecule has 0 atom stereocenters. The number of nitrogens with one attached hydrogen (secondary N) is 1. The Morgan fingerprint density at radius 1 is 1.19 bits per heavy atom. The van der Waals surface area contributed by atoms with E-state index < -0.39 is 5.63 Å². The summed E-state index contributed by atoms with van der Waals surface area (Å²) in [5, 5.41) is 3.58. The third kappa shape index (κ3) is 3.44. The highest BCUT2D eigenvalue weighted by Crippen LogP contribution is 2.29. The van der Waals surface area contributed by atoms with E-state index >= 15 is 0 Å². The van der Waals surface area contributed by atoms with Gasteiger partial charge in [0.05, 0.1) is 31.3 Å². The lowest BCUT2D eigenvalue weighted by molar-refractivity contribution is -0.120. The Balaban J connectivity index is 1.86. The van der Waals surface area contributed by atoms with Crippen LogP contribution in [0.3, 0.4) is 0 Å². The molecule has 6 nitrogen and oxygen atoms in total. The predicted molar refractivity (Wildman–Crippen MR) is 98.3 cm³/mol. The number of methoxy groups -OCH3 is 1. The molecular formula is C20H20N2O4. The summed E-state index contributed by atoms with van der Waals surface area (Å²) in [6.07, 6.45) is 1.63. The van der Waals surface area contributed by atoms with Crippen LogP contribution in [0.1, 0.15) is 22.4 Å². The molecule has 2 aromatic heterocycles. The lowest BCUT2D eigenvalue weighted by Gasteiger charge is -2.11. The van der Waals surface area contributed by atoms with Crippen molar-refractivity contribution in [3.05, 3.63) is 69.3 Å². The van der Waals surface area contributed by atoms with Crippen molar-refractivity contribution < 1.29 is 13.9 Å². The molecule has 3 rings (SSSR count). The SMILES string of the molecule is COc1ccc2c(C)c(CC(=O)NCc3ccccn3)c(=O)oc2c1C. The zero-order chi connectivity index (χ0) is 18.7. The quantitative estimate of drug-likeness (QED) is 0.714. The number of hydrogen-bond acceptors (Lipinski definition) is 5. The van der Waals surface area contributed by atoms with Crippen molar-refractivity contribution in [3.63, 3.8) is 0 Å². The van der Waals surface area contributed by atoms with E-state index in [1.807, 2.05) is 44.2 Å². The minimum Gasteiger partial charge on any atom is -0.496 e. The first-order valence-electron chi connectivity index (χ1n) is 8.27. The molecule has 0 spiro atoms. The second kappa shape index (κ2) is 7.39. The van der Waals surface area contributed by atoms with Gasteiger partial charge in [0.15, 0.2) is 0 Å². The summed E-state index contributed by atoms with van der Waals surface area (Å²) in [6.45, 7) is 3.98. The van der Waals surface area contributed by atoms with Crippen molar-refractivity contribution in [2.75, 3.05) is 7.11 Å². The number of nitrogens with zero attached hydrogens (tertiary/aromatic N) is 1. The highest BCUT2D eigenvalue weighted by Gasteiger charge is 2.17. The molecule has 1 N–H and O–H groups in total. The second-order valence-electron chi connectivity index (χ2n) is 6.04. The Bertz CT molecular complexity index is 1010. The molecule has 6 heteroatoms. The summed E-state index contributed by atoms with van der Waals surface area (Å²) in [5.41, 5.74) is 2.61. The van der Waals surface area contributed by atoms with Gasteiger partial charge in [0.25, 0.3) is 0 Å². The zero-order valence-electron chi connectivity index (χ0n) is 15.0. The molecule has 0 saturated carbocycles. The van der Waals surface area contributed by atoms with Crippen molar-refractivity contribution >= 4 is 16.9 Å². The lowest BCUT2D eigenvalue weighted by Crippen LogP contribution is -2.27. The first-order chi connectivity index (χ1) is 12.5. The minimum atomic E-state index is -0.501. The van der Waals surface area contributed by atoms with Crippen LogP contribution in [0, 0.1) is 13.8 Å². The maximum atomic E-state index is 12.4. The number of carbonyl (C=O) groups excluding carboxylic acids is 1. The van der Waals surface area contributed by atoms with Gasteiger partial charge in [0.2, 0.25) is 5.91 Å². The summed E-state index contributed by atoms with van der Waals surface area (Å²) in [6, 6.07) is 9.16. The van der Waals surface area contributed by atoms with Crippen LogP contribution in [0.25, 0.3) is 11.0 Å². The number of carbonyl (C=O) groups is 1. The van der Waals surface area contributed by atoms with Gasteiger partial charge in [-0.15, -0.1) is 0 Å². The molecule has 0 bridgehead atoms. The normalized spacial score (nSPS) is 10.7. The van der Waals surface area contributed by atoms with Crippen molar-refractivity contribution in [2.24, 2.45) is 0 Å². The highest BCUT2D eigenvalue weighted by molar-refractivity contribution is 5.87. The smallest absolute Gasteiger partial charge is 0.340 e. The van der Waals surface area contributed by atoms with Crippen LogP contribution in [-0.2, 0) is 17.8 Å². The Hall–Kier alpha value is -3.15. The molecule has 0 aliphatic carbocycles. The van der Waals surface area contributed by atoms with Gasteiger partial charge in [0, 0.05) is 17.1 Å². The van der Waals surface area contributed by atoms with E-state index in [-0.39, 0.29) is 12.3 Å². The van der Waals surface area contributed by atoms with Crippen LogP contribution < -0.4 is 15.7 Å². The van der Waals surface area contributed by atoms with Crippen molar-refractivity contribution in [1.82, 2.24) is 10.3 Å². The van der Waals surface area contributed by atoms with Crippen LogP contribution in [0.2, 0.25) is 0 Å². The molecule has 0 fully saturated rings. The van der Waals surface area contributed by atoms with Gasteiger partial charge in [-0.2, -0.15) is 0 Å². The van der Waals surface area contributed by atoms with Crippen LogP contribution >= 0.6 is 0 Å². The Kier molecular flexibility index (Phi) is 5.02. The van der Waals surface area contributed by atoms with E-state index in [1.165, 1.54) is 0 Å². The Labute approximate surface area is 150 Å². The fourth-order valence-corrected chi connectivity index (χ4v) is 2.91. The summed E-state index contributed by atoms with van der Waals surface area (Å²) in [4.78, 5) is 28.8. The number of pyridine rings is 1. The molecule has 1 aromatic carbocycles. The van der Waals surface area contributed by atoms with E-state index in [9.17, 15) is 9.59 Å². The molecule has 3 aromatic rings. The predicted octanol–water partition coefficient (Wildman–Crippen LogP) is 2.67. The lowest BCUT2D eigenvalue weighted by atomic mass is 10.0. The average molecular weight is 352 g/mol. The van der Waals surface area contributed by atoms with Crippen LogP contribution in [0.5, 0.6) is 5.75 Å². The van der Waals surface area contributed by atoms with Gasteiger partial charge in [-0.3, -0.25) is 9.78 Å². The molecule has 134 valence electrons. The molecule has 0 unspecified atom stereocenters. The van der Waals surface area contributed by atoms with Gasteiger partial charge in [-0.1, -0.05) is 6.07 Å². The number of ether oxygens (including phenoxy) is 1. The molecule has 26 heavy (non-hydrogen) atoms. The van der Waals surface area contributed by atoms with Crippen molar-refractivity contribution in [3.8, 4) is 5.75 Å². The maximum absolute atomic E-state index is 12.4. The first-order valence-corrected chi connectivity index (χ1v) is 8.27. The fraction of sp³-hybridized carbons (Fsp3) is 0.250. The highest BCUT2D eigenvalue weighted by atomic mass is 16.5. The van der Waals surface area contributed by atoms with E-state index in [0.29, 0.717) is 23.4 Å². The van der Waals surface area contributed by atoms with Crippen molar-refractivity contribution in [2.45, 2.75) is 26.8 Å². The van der Waals surface area contributed by atoms with E-state index in [4.69, 9.17) is 9.15 Å². The molecule has 0 radical (unpaired) electrons. The summed E-state index contributed by atoms with van der Waals surface area (Å²) >= 11 is 0. The van der Waals surface area contributed by atoms with Gasteiger partial charge in [0.1, 0.15) is 11.3 Å². The first kappa shape index (κ1) is 17.7. The number of rotatable bonds is 5. The van der Waals surface area contributed by atoms with Crippen molar-refractivity contribution in [1.29, 1.82) is 0 Å². The van der Waals surface area contributed by atoms with Gasteiger partial charge in [-0.25, -0.2) is 4.79 Å². The molecule has 0 aliphatic heterocycles. The Morgan fingerprint density at radius 3 is 2.69 bits per heavy atom. The van der Waals surface area contributed by atoms with Gasteiger partial charge in [-0.05, 0) is 43.7 Å². The molecule has 1 amide bonds. The average Bonchev–Trinajstić information content (AvgIpc) is 2.65. The number of amides is 1. The number of fused-ring (bicyclic) bond motifs is 1. The largest absolute Gasteiger partial charge is 0.496 e. The molecule has 0 aliphatic rings. The van der Waals surface area contributed by atoms with Gasteiger partial charge < -0.3 is 14.5 Å². The number of hydrogen-bond donors (Lipinski definition) is 1. The van der Waals surface area contributed by atoms with E-state index in [1.54, 1.807) is 13.3 Å². The topological polar surface area (TPSA) is 81.4 Å². The molecule has 0 saturated heterocycles. The molecular weight excluding hydrogens is 332 g/mol. The van der Waals surface area contributed by atoms with E-state index in [2.05, 4.69) is 10.3 Å². The third-order valence-electron chi connectivity index (χ3n) is 4.40. The van der Waals surface area contributed by atoms with Crippen LogP contribution in [-0.4, -0.2) is 18.0 Å². The monoisotopic (exact) mass is 352 g/mol. The zero-order valence-corrected chi connectivity index (χ0v) is 15.0. The number of benzene rings is 1. The second-order valence-corrected chi connectivity index (χ2v) is 6.04.